The van der Waals surface area contributed by atoms with Crippen molar-refractivity contribution in [2.75, 3.05) is 5.73 Å². The number of anilines is 1. The van der Waals surface area contributed by atoms with Gasteiger partial charge < -0.3 is 15.6 Å². The van der Waals surface area contributed by atoms with Gasteiger partial charge in [-0.25, -0.2) is 0 Å². The Morgan fingerprint density at radius 1 is 1.82 bits per heavy atom. The van der Waals surface area contributed by atoms with Crippen LogP contribution in [0.15, 0.2) is 5.38 Å². The largest absolute Gasteiger partial charge is 0.545 e. The third-order valence-electron chi connectivity index (χ3n) is 1.45. The lowest BCUT2D eigenvalue weighted by molar-refractivity contribution is -0.254. The zero-order valence-electron chi connectivity index (χ0n) is 6.09. The maximum absolute atomic E-state index is 10.4. The first-order chi connectivity index (χ1) is 5.16. The van der Waals surface area contributed by atoms with E-state index in [-0.39, 0.29) is 5.56 Å². The van der Waals surface area contributed by atoms with Crippen molar-refractivity contribution < 1.29 is 9.90 Å². The van der Waals surface area contributed by atoms with Crippen LogP contribution in [0.2, 0.25) is 0 Å². The number of carboxylic acid groups (broad SMARTS) is 1. The molecule has 0 spiro atoms. The van der Waals surface area contributed by atoms with Crippen molar-refractivity contribution in [3.63, 3.8) is 0 Å². The molecule has 2 N–H and O–H groups in total. The van der Waals surface area contributed by atoms with E-state index < -0.39 is 5.97 Å². The van der Waals surface area contributed by atoms with Gasteiger partial charge in [0, 0.05) is 15.8 Å². The van der Waals surface area contributed by atoms with Gasteiger partial charge in [-0.05, 0) is 6.42 Å². The average Bonchev–Trinajstić information content (AvgIpc) is 2.30. The molecule has 3 nitrogen and oxygen atoms in total. The summed E-state index contributed by atoms with van der Waals surface area (Å²) in [5, 5.41) is 11.9. The number of aromatic carboxylic acids is 1. The fraction of sp³-hybridized carbons (Fsp3) is 0.286. The number of aryl methyl sites for hydroxylation is 1. The Bertz CT molecular complexity index is 280. The smallest absolute Gasteiger partial charge is 0.0744 e. The number of thiophene rings is 1. The molecular weight excluding hydrogens is 162 g/mol. The van der Waals surface area contributed by atoms with Gasteiger partial charge in [0.1, 0.15) is 0 Å². The molecule has 1 aromatic heterocycles. The highest BCUT2D eigenvalue weighted by molar-refractivity contribution is 7.10. The minimum Gasteiger partial charge on any atom is -0.545 e. The standard InChI is InChI=1S/C7H9NO2S/c1-2-5-6(8)4(3-11-5)7(9)10/h3H,2,8H2,1H3,(H,9,10)/p-1. The molecule has 0 aliphatic carbocycles. The van der Waals surface area contributed by atoms with Crippen LogP contribution in [-0.2, 0) is 6.42 Å². The van der Waals surface area contributed by atoms with Gasteiger partial charge in [0.2, 0.25) is 0 Å². The van der Waals surface area contributed by atoms with Crippen molar-refractivity contribution >= 4 is 23.0 Å². The Morgan fingerprint density at radius 3 is 2.73 bits per heavy atom. The lowest BCUT2D eigenvalue weighted by Crippen LogP contribution is -2.22. The van der Waals surface area contributed by atoms with E-state index >= 15 is 0 Å². The fourth-order valence-corrected chi connectivity index (χ4v) is 1.73. The fourth-order valence-electron chi connectivity index (χ4n) is 0.839. The van der Waals surface area contributed by atoms with Crippen molar-refractivity contribution in [3.05, 3.63) is 15.8 Å². The summed E-state index contributed by atoms with van der Waals surface area (Å²) in [7, 11) is 0. The highest BCUT2D eigenvalue weighted by atomic mass is 32.1. The molecule has 0 atom stereocenters. The number of carbonyl (C=O) groups is 1. The number of hydrogen-bond donors (Lipinski definition) is 1. The summed E-state index contributed by atoms with van der Waals surface area (Å²) in [6.07, 6.45) is 0.768. The third kappa shape index (κ3) is 1.35. The van der Waals surface area contributed by atoms with Crippen LogP contribution in [0.3, 0.4) is 0 Å². The van der Waals surface area contributed by atoms with E-state index in [1.807, 2.05) is 6.92 Å². The molecule has 0 aliphatic rings. The van der Waals surface area contributed by atoms with Crippen LogP contribution in [-0.4, -0.2) is 5.97 Å². The number of nitrogens with two attached hydrogens (primary N) is 1. The molecule has 1 rings (SSSR count). The van der Waals surface area contributed by atoms with Crippen molar-refractivity contribution in [1.82, 2.24) is 0 Å². The van der Waals surface area contributed by atoms with E-state index in [2.05, 4.69) is 0 Å². The van der Waals surface area contributed by atoms with Gasteiger partial charge >= 0.3 is 0 Å². The topological polar surface area (TPSA) is 66.1 Å². The van der Waals surface area contributed by atoms with Gasteiger partial charge in [-0.15, -0.1) is 11.3 Å². The third-order valence-corrected chi connectivity index (χ3v) is 2.60. The molecule has 0 bridgehead atoms. The Balaban J connectivity index is 3.10. The molecule has 0 aliphatic heterocycles. The minimum absolute atomic E-state index is 0.117. The van der Waals surface area contributed by atoms with Gasteiger partial charge in [-0.2, -0.15) is 0 Å². The highest BCUT2D eigenvalue weighted by Crippen LogP contribution is 2.24. The van der Waals surface area contributed by atoms with Gasteiger partial charge in [0.25, 0.3) is 0 Å². The van der Waals surface area contributed by atoms with E-state index in [1.54, 1.807) is 0 Å². The van der Waals surface area contributed by atoms with Crippen LogP contribution in [0.4, 0.5) is 5.69 Å². The van der Waals surface area contributed by atoms with Crippen LogP contribution in [0, 0.1) is 0 Å². The van der Waals surface area contributed by atoms with E-state index in [9.17, 15) is 9.90 Å². The average molecular weight is 170 g/mol. The second-order valence-corrected chi connectivity index (χ2v) is 3.09. The summed E-state index contributed by atoms with van der Waals surface area (Å²) < 4.78 is 0. The first-order valence-electron chi connectivity index (χ1n) is 3.24. The number of carbonyl (C=O) groups excluding carboxylic acids is 1. The summed E-state index contributed by atoms with van der Waals surface area (Å²) in [6.45, 7) is 1.93. The molecule has 4 heteroatoms. The molecule has 0 unspecified atom stereocenters. The van der Waals surface area contributed by atoms with Crippen molar-refractivity contribution in [1.29, 1.82) is 0 Å². The quantitative estimate of drug-likeness (QED) is 0.692. The Kier molecular flexibility index (Phi) is 2.14. The monoisotopic (exact) mass is 170 g/mol. The van der Waals surface area contributed by atoms with Crippen LogP contribution in [0.25, 0.3) is 0 Å². The van der Waals surface area contributed by atoms with Crippen LogP contribution in [0.1, 0.15) is 22.2 Å². The Labute approximate surface area is 68.5 Å². The summed E-state index contributed by atoms with van der Waals surface area (Å²) in [6, 6.07) is 0. The molecule has 1 aromatic rings. The second-order valence-electron chi connectivity index (χ2n) is 2.13. The predicted molar refractivity (Wildman–Crippen MR) is 42.4 cm³/mol. The maximum Gasteiger partial charge on any atom is 0.0744 e. The molecule has 1 heterocycles. The minimum atomic E-state index is -1.20. The van der Waals surface area contributed by atoms with Crippen molar-refractivity contribution in [2.24, 2.45) is 0 Å². The number of rotatable bonds is 2. The Hall–Kier alpha value is -1.03. The van der Waals surface area contributed by atoms with E-state index in [0.717, 1.165) is 11.3 Å². The molecular formula is C7H8NO2S-. The number of hydrogen-bond acceptors (Lipinski definition) is 4. The van der Waals surface area contributed by atoms with E-state index in [0.29, 0.717) is 5.69 Å². The molecule has 0 aromatic carbocycles. The molecule has 0 fully saturated rings. The SMILES string of the molecule is CCc1scc(C(=O)[O-])c1N. The van der Waals surface area contributed by atoms with Gasteiger partial charge in [0.05, 0.1) is 11.7 Å². The zero-order valence-corrected chi connectivity index (χ0v) is 6.90. The maximum atomic E-state index is 10.4. The van der Waals surface area contributed by atoms with Crippen LogP contribution in [0.5, 0.6) is 0 Å². The van der Waals surface area contributed by atoms with Crippen molar-refractivity contribution in [2.45, 2.75) is 13.3 Å². The number of nitrogen functional groups attached to an aromatic ring is 1. The molecule has 0 radical (unpaired) electrons. The Morgan fingerprint density at radius 2 is 2.45 bits per heavy atom. The van der Waals surface area contributed by atoms with Crippen LogP contribution < -0.4 is 10.8 Å². The molecule has 0 saturated carbocycles. The van der Waals surface area contributed by atoms with Crippen LogP contribution >= 0.6 is 11.3 Å². The van der Waals surface area contributed by atoms with Gasteiger partial charge in [0.15, 0.2) is 0 Å². The first-order valence-corrected chi connectivity index (χ1v) is 4.12. The summed E-state index contributed by atoms with van der Waals surface area (Å²) in [5.41, 5.74) is 5.98. The summed E-state index contributed by atoms with van der Waals surface area (Å²) >= 11 is 1.36. The van der Waals surface area contributed by atoms with Gasteiger partial charge in [-0.1, -0.05) is 6.92 Å². The molecule has 11 heavy (non-hydrogen) atoms. The lowest BCUT2D eigenvalue weighted by atomic mass is 10.2. The zero-order chi connectivity index (χ0) is 8.43. The van der Waals surface area contributed by atoms with Gasteiger partial charge in [-0.3, -0.25) is 0 Å². The number of carboxylic acids is 1. The second kappa shape index (κ2) is 2.92. The first kappa shape index (κ1) is 8.07. The highest BCUT2D eigenvalue weighted by Gasteiger charge is 2.06. The van der Waals surface area contributed by atoms with E-state index in [4.69, 9.17) is 5.73 Å². The molecule has 0 saturated heterocycles. The summed E-state index contributed by atoms with van der Waals surface area (Å²) in [5.74, 6) is -1.20. The molecule has 0 amide bonds. The lowest BCUT2D eigenvalue weighted by Gasteiger charge is -2.00. The van der Waals surface area contributed by atoms with E-state index in [1.165, 1.54) is 16.7 Å². The van der Waals surface area contributed by atoms with Crippen molar-refractivity contribution in [3.8, 4) is 0 Å². The molecule has 60 valence electrons. The predicted octanol–water partition coefficient (Wildman–Crippen LogP) is 0.256. The normalized spacial score (nSPS) is 9.91. The summed E-state index contributed by atoms with van der Waals surface area (Å²) in [4.78, 5) is 11.3.